The van der Waals surface area contributed by atoms with Crippen LogP contribution < -0.4 is 11.3 Å². The van der Waals surface area contributed by atoms with Gasteiger partial charge in [0.2, 0.25) is 0 Å². The standard InChI is InChI=1S/C14H23N3O2/c15-12-5-6-14(19)17(11-12)9-8-16(7-2-10-18)13-3-1-4-13/h5-6,11,13,18H,1-4,7-10,15H2. The van der Waals surface area contributed by atoms with Crippen LogP contribution in [0.25, 0.3) is 0 Å². The van der Waals surface area contributed by atoms with E-state index < -0.39 is 0 Å². The summed E-state index contributed by atoms with van der Waals surface area (Å²) < 4.78 is 1.67. The van der Waals surface area contributed by atoms with Crippen LogP contribution in [-0.4, -0.2) is 40.3 Å². The van der Waals surface area contributed by atoms with Crippen LogP contribution in [-0.2, 0) is 6.54 Å². The van der Waals surface area contributed by atoms with E-state index in [1.165, 1.54) is 25.3 Å². The van der Waals surface area contributed by atoms with Gasteiger partial charge in [0.1, 0.15) is 0 Å². The minimum absolute atomic E-state index is 0.00934. The number of nitrogens with two attached hydrogens (primary N) is 1. The van der Waals surface area contributed by atoms with Gasteiger partial charge in [-0.2, -0.15) is 0 Å². The number of pyridine rings is 1. The second-order valence-corrected chi connectivity index (χ2v) is 5.19. The second-order valence-electron chi connectivity index (χ2n) is 5.19. The van der Waals surface area contributed by atoms with E-state index in [-0.39, 0.29) is 12.2 Å². The van der Waals surface area contributed by atoms with E-state index in [9.17, 15) is 4.79 Å². The molecule has 1 aromatic rings. The van der Waals surface area contributed by atoms with Gasteiger partial charge in [0.25, 0.3) is 5.56 Å². The molecule has 19 heavy (non-hydrogen) atoms. The van der Waals surface area contributed by atoms with Crippen molar-refractivity contribution in [2.24, 2.45) is 0 Å². The van der Waals surface area contributed by atoms with Gasteiger partial charge >= 0.3 is 0 Å². The molecule has 0 aromatic carbocycles. The molecule has 0 atom stereocenters. The van der Waals surface area contributed by atoms with Crippen molar-refractivity contribution in [3.8, 4) is 0 Å². The van der Waals surface area contributed by atoms with E-state index in [2.05, 4.69) is 4.90 Å². The van der Waals surface area contributed by atoms with Crippen LogP contribution in [0.1, 0.15) is 25.7 Å². The van der Waals surface area contributed by atoms with E-state index >= 15 is 0 Å². The lowest BCUT2D eigenvalue weighted by atomic mass is 9.91. The van der Waals surface area contributed by atoms with Gasteiger partial charge in [-0.05, 0) is 25.3 Å². The van der Waals surface area contributed by atoms with Crippen LogP contribution in [0.3, 0.4) is 0 Å². The van der Waals surface area contributed by atoms with Crippen LogP contribution >= 0.6 is 0 Å². The van der Waals surface area contributed by atoms with Gasteiger partial charge in [-0.25, -0.2) is 0 Å². The molecule has 1 aromatic heterocycles. The van der Waals surface area contributed by atoms with Crippen molar-refractivity contribution in [2.45, 2.75) is 38.3 Å². The largest absolute Gasteiger partial charge is 0.398 e. The molecule has 106 valence electrons. The molecule has 2 rings (SSSR count). The number of aromatic nitrogens is 1. The molecule has 0 spiro atoms. The molecule has 5 heteroatoms. The zero-order valence-corrected chi connectivity index (χ0v) is 11.3. The molecular formula is C14H23N3O2. The maximum atomic E-state index is 11.7. The predicted molar refractivity (Wildman–Crippen MR) is 76.0 cm³/mol. The van der Waals surface area contributed by atoms with Crippen LogP contribution in [0.4, 0.5) is 5.69 Å². The first-order valence-corrected chi connectivity index (χ1v) is 7.01. The van der Waals surface area contributed by atoms with Crippen molar-refractivity contribution in [1.82, 2.24) is 9.47 Å². The molecule has 1 saturated carbocycles. The highest BCUT2D eigenvalue weighted by atomic mass is 16.3. The molecule has 0 amide bonds. The summed E-state index contributed by atoms with van der Waals surface area (Å²) in [4.78, 5) is 14.1. The SMILES string of the molecule is Nc1ccc(=O)n(CCN(CCCO)C2CCC2)c1. The maximum absolute atomic E-state index is 11.7. The summed E-state index contributed by atoms with van der Waals surface area (Å²) in [6.07, 6.45) is 6.25. The van der Waals surface area contributed by atoms with Gasteiger partial charge in [-0.15, -0.1) is 0 Å². The molecule has 1 aliphatic carbocycles. The molecule has 1 aliphatic rings. The summed E-state index contributed by atoms with van der Waals surface area (Å²) in [5, 5.41) is 8.96. The Morgan fingerprint density at radius 3 is 2.79 bits per heavy atom. The van der Waals surface area contributed by atoms with Crippen molar-refractivity contribution in [2.75, 3.05) is 25.4 Å². The van der Waals surface area contributed by atoms with Crippen LogP contribution in [0.15, 0.2) is 23.1 Å². The van der Waals surface area contributed by atoms with Gasteiger partial charge in [-0.3, -0.25) is 9.69 Å². The third-order valence-corrected chi connectivity index (χ3v) is 3.83. The predicted octanol–water partition coefficient (Wildman–Crippen LogP) is 0.667. The monoisotopic (exact) mass is 265 g/mol. The van der Waals surface area contributed by atoms with E-state index in [1.54, 1.807) is 16.8 Å². The lowest BCUT2D eigenvalue weighted by molar-refractivity contribution is 0.112. The average molecular weight is 265 g/mol. The number of hydrogen-bond acceptors (Lipinski definition) is 4. The summed E-state index contributed by atoms with van der Waals surface area (Å²) in [7, 11) is 0. The Kier molecular flexibility index (Phi) is 4.99. The minimum Gasteiger partial charge on any atom is -0.398 e. The second kappa shape index (κ2) is 6.73. The fraction of sp³-hybridized carbons (Fsp3) is 0.643. The van der Waals surface area contributed by atoms with Gasteiger partial charge in [0.05, 0.1) is 0 Å². The Morgan fingerprint density at radius 1 is 1.37 bits per heavy atom. The molecule has 0 unspecified atom stereocenters. The number of aliphatic hydroxyl groups excluding tert-OH is 1. The highest BCUT2D eigenvalue weighted by Gasteiger charge is 2.24. The molecule has 0 aliphatic heterocycles. The zero-order chi connectivity index (χ0) is 13.7. The normalized spacial score (nSPS) is 15.7. The van der Waals surface area contributed by atoms with Crippen LogP contribution in [0.2, 0.25) is 0 Å². The van der Waals surface area contributed by atoms with E-state index in [4.69, 9.17) is 10.8 Å². The molecule has 5 nitrogen and oxygen atoms in total. The summed E-state index contributed by atoms with van der Waals surface area (Å²) >= 11 is 0. The van der Waals surface area contributed by atoms with E-state index in [0.717, 1.165) is 19.5 Å². The molecular weight excluding hydrogens is 242 g/mol. The number of anilines is 1. The number of nitrogens with zero attached hydrogens (tertiary/aromatic N) is 2. The fourth-order valence-electron chi connectivity index (χ4n) is 2.46. The Hall–Kier alpha value is -1.33. The first-order chi connectivity index (χ1) is 9.20. The Morgan fingerprint density at radius 2 is 2.16 bits per heavy atom. The van der Waals surface area contributed by atoms with Crippen LogP contribution in [0.5, 0.6) is 0 Å². The number of hydrogen-bond donors (Lipinski definition) is 2. The first kappa shape index (κ1) is 14.1. The topological polar surface area (TPSA) is 71.5 Å². The van der Waals surface area contributed by atoms with Crippen molar-refractivity contribution in [1.29, 1.82) is 0 Å². The quantitative estimate of drug-likeness (QED) is 0.760. The van der Waals surface area contributed by atoms with Crippen molar-refractivity contribution >= 4 is 5.69 Å². The highest BCUT2D eigenvalue weighted by molar-refractivity contribution is 5.33. The van der Waals surface area contributed by atoms with Crippen molar-refractivity contribution in [3.05, 3.63) is 28.7 Å². The third kappa shape index (κ3) is 3.81. The summed E-state index contributed by atoms with van der Waals surface area (Å²) in [5.41, 5.74) is 6.31. The van der Waals surface area contributed by atoms with E-state index in [1.807, 2.05) is 0 Å². The molecule has 0 bridgehead atoms. The van der Waals surface area contributed by atoms with Gasteiger partial charge in [0.15, 0.2) is 0 Å². The van der Waals surface area contributed by atoms with Gasteiger partial charge < -0.3 is 15.4 Å². The maximum Gasteiger partial charge on any atom is 0.250 e. The van der Waals surface area contributed by atoms with Crippen molar-refractivity contribution in [3.63, 3.8) is 0 Å². The van der Waals surface area contributed by atoms with Crippen LogP contribution in [0, 0.1) is 0 Å². The molecule has 0 radical (unpaired) electrons. The summed E-state index contributed by atoms with van der Waals surface area (Å²) in [6, 6.07) is 3.77. The molecule has 1 fully saturated rings. The van der Waals surface area contributed by atoms with Gasteiger partial charge in [0, 0.05) is 50.2 Å². The fourth-order valence-corrected chi connectivity index (χ4v) is 2.46. The Labute approximate surface area is 113 Å². The lowest BCUT2D eigenvalue weighted by Gasteiger charge is -2.37. The van der Waals surface area contributed by atoms with Gasteiger partial charge in [-0.1, -0.05) is 6.42 Å². The summed E-state index contributed by atoms with van der Waals surface area (Å²) in [5.74, 6) is 0. The Bertz CT molecular complexity index is 454. The third-order valence-electron chi connectivity index (χ3n) is 3.83. The number of nitrogen functional groups attached to an aromatic ring is 1. The Balaban J connectivity index is 1.93. The number of rotatable bonds is 7. The average Bonchev–Trinajstić information content (AvgIpc) is 2.34. The minimum atomic E-state index is -0.00934. The van der Waals surface area contributed by atoms with E-state index in [0.29, 0.717) is 18.3 Å². The summed E-state index contributed by atoms with van der Waals surface area (Å²) in [6.45, 7) is 2.62. The molecule has 0 saturated heterocycles. The molecule has 1 heterocycles. The lowest BCUT2D eigenvalue weighted by Crippen LogP contribution is -2.43. The highest BCUT2D eigenvalue weighted by Crippen LogP contribution is 2.24. The van der Waals surface area contributed by atoms with Crippen molar-refractivity contribution < 1.29 is 5.11 Å². The smallest absolute Gasteiger partial charge is 0.250 e. The first-order valence-electron chi connectivity index (χ1n) is 7.01. The molecule has 3 N–H and O–H groups in total. The number of aliphatic hydroxyl groups is 1. The zero-order valence-electron chi connectivity index (χ0n) is 11.3.